The molecule has 1 fully saturated rings. The number of nitrogens with one attached hydrogen (secondary N) is 3. The Hall–Kier alpha value is -2.60. The number of hydrogen-bond acceptors (Lipinski definition) is 7. The zero-order chi connectivity index (χ0) is 24.5. The molecule has 10 nitrogen and oxygen atoms in total. The molecule has 0 saturated carbocycles. The lowest BCUT2D eigenvalue weighted by Crippen LogP contribution is -2.44. The molecule has 1 saturated heterocycles. The molecule has 0 radical (unpaired) electrons. The molecule has 0 unspecified atom stereocenters. The summed E-state index contributed by atoms with van der Waals surface area (Å²) in [6.07, 6.45) is 3.08. The van der Waals surface area contributed by atoms with Gasteiger partial charge < -0.3 is 24.8 Å². The molecule has 1 aromatic carbocycles. The average molecular weight is 527 g/mol. The lowest BCUT2D eigenvalue weighted by atomic mass is 10.1. The number of ether oxygens (including phenoxy) is 2. The molecule has 3 N–H and O–H groups in total. The van der Waals surface area contributed by atoms with Crippen LogP contribution in [0.25, 0.3) is 21.8 Å². The van der Waals surface area contributed by atoms with E-state index in [0.29, 0.717) is 29.3 Å². The van der Waals surface area contributed by atoms with Gasteiger partial charge in [-0.3, -0.25) is 4.79 Å². The summed E-state index contributed by atoms with van der Waals surface area (Å²) in [5.41, 5.74) is 0.193. The molecule has 3 aromatic rings. The molecule has 3 heterocycles. The summed E-state index contributed by atoms with van der Waals surface area (Å²) < 4.78 is 39.1. The maximum Gasteiger partial charge on any atom is 0.513 e. The average Bonchev–Trinajstić information content (AvgIpc) is 3.46. The van der Waals surface area contributed by atoms with Crippen LogP contribution in [0.4, 0.5) is 4.79 Å². The van der Waals surface area contributed by atoms with Gasteiger partial charge in [0.2, 0.25) is 10.0 Å². The molecule has 0 bridgehead atoms. The van der Waals surface area contributed by atoms with Crippen LogP contribution in [0.15, 0.2) is 34.1 Å². The number of hydrogen-bond donors (Lipinski definition) is 3. The number of fused-ring (bicyclic) bond motifs is 3. The summed E-state index contributed by atoms with van der Waals surface area (Å²) in [6.45, 7) is 7.02. The van der Waals surface area contributed by atoms with Gasteiger partial charge in [0.05, 0.1) is 16.9 Å². The highest BCUT2D eigenvalue weighted by Gasteiger charge is 2.31. The molecule has 0 aliphatic carbocycles. The molecule has 1 atom stereocenters. The zero-order valence-corrected chi connectivity index (χ0v) is 21.6. The van der Waals surface area contributed by atoms with Gasteiger partial charge in [0.25, 0.3) is 5.56 Å². The van der Waals surface area contributed by atoms with Gasteiger partial charge in [-0.15, -0.1) is 12.4 Å². The van der Waals surface area contributed by atoms with Crippen molar-refractivity contribution in [2.45, 2.75) is 57.0 Å². The summed E-state index contributed by atoms with van der Waals surface area (Å²) >= 11 is 0. The van der Waals surface area contributed by atoms with Gasteiger partial charge in [0.1, 0.15) is 5.52 Å². The SMILES string of the molecule is CCCOC(=O)Oc1c[nH]c2c(=O)[nH]c3ccc(S(=O)(=O)N(C[C@@H]4CCCN4)C(C)C)cc3c12.Cl. The van der Waals surface area contributed by atoms with Crippen molar-refractivity contribution in [3.63, 3.8) is 0 Å². The second-order valence-corrected chi connectivity index (χ2v) is 10.6. The number of aromatic amines is 2. The monoisotopic (exact) mass is 526 g/mol. The first-order valence-corrected chi connectivity index (χ1v) is 12.9. The van der Waals surface area contributed by atoms with E-state index in [4.69, 9.17) is 9.47 Å². The van der Waals surface area contributed by atoms with E-state index in [1.165, 1.54) is 22.6 Å². The van der Waals surface area contributed by atoms with E-state index >= 15 is 0 Å². The van der Waals surface area contributed by atoms with Crippen LogP contribution >= 0.6 is 12.4 Å². The largest absolute Gasteiger partial charge is 0.513 e. The first-order chi connectivity index (χ1) is 16.2. The summed E-state index contributed by atoms with van der Waals surface area (Å²) in [5.74, 6) is 0.0950. The molecule has 0 amide bonds. The molecular formula is C23H31ClN4O6S. The first kappa shape index (κ1) is 27.0. The van der Waals surface area contributed by atoms with E-state index in [1.807, 2.05) is 20.8 Å². The number of carbonyl (C=O) groups is 1. The summed E-state index contributed by atoms with van der Waals surface area (Å²) in [4.78, 5) is 30.2. The van der Waals surface area contributed by atoms with Crippen molar-refractivity contribution in [1.29, 1.82) is 0 Å². The Morgan fingerprint density at radius 1 is 1.29 bits per heavy atom. The maximum absolute atomic E-state index is 13.6. The molecule has 35 heavy (non-hydrogen) atoms. The number of sulfonamides is 1. The summed E-state index contributed by atoms with van der Waals surface area (Å²) in [6, 6.07) is 4.43. The van der Waals surface area contributed by atoms with E-state index in [1.54, 1.807) is 6.07 Å². The van der Waals surface area contributed by atoms with Crippen LogP contribution in [0.3, 0.4) is 0 Å². The quantitative estimate of drug-likeness (QED) is 0.382. The lowest BCUT2D eigenvalue weighted by Gasteiger charge is -2.28. The van der Waals surface area contributed by atoms with E-state index in [0.717, 1.165) is 19.4 Å². The van der Waals surface area contributed by atoms with Gasteiger partial charge in [0, 0.05) is 35.7 Å². The van der Waals surface area contributed by atoms with Crippen LogP contribution in [0.1, 0.15) is 40.0 Å². The zero-order valence-electron chi connectivity index (χ0n) is 19.9. The van der Waals surface area contributed by atoms with Crippen LogP contribution in [0, 0.1) is 0 Å². The third kappa shape index (κ3) is 5.48. The van der Waals surface area contributed by atoms with Gasteiger partial charge in [0.15, 0.2) is 5.75 Å². The normalized spacial score (nSPS) is 16.2. The topological polar surface area (TPSA) is 134 Å². The van der Waals surface area contributed by atoms with Crippen LogP contribution in [-0.4, -0.2) is 60.6 Å². The fourth-order valence-corrected chi connectivity index (χ4v) is 5.98. The molecular weight excluding hydrogens is 496 g/mol. The van der Waals surface area contributed by atoms with E-state index in [2.05, 4.69) is 15.3 Å². The Kier molecular flexibility index (Phi) is 8.47. The summed E-state index contributed by atoms with van der Waals surface area (Å²) in [7, 11) is -3.83. The second-order valence-electron chi connectivity index (χ2n) is 8.73. The van der Waals surface area contributed by atoms with Crippen molar-refractivity contribution in [2.24, 2.45) is 0 Å². The van der Waals surface area contributed by atoms with E-state index in [9.17, 15) is 18.0 Å². The minimum absolute atomic E-state index is 0. The third-order valence-corrected chi connectivity index (χ3v) is 7.98. The van der Waals surface area contributed by atoms with E-state index < -0.39 is 21.7 Å². The Labute approximate surface area is 209 Å². The highest BCUT2D eigenvalue weighted by Crippen LogP contribution is 2.32. The van der Waals surface area contributed by atoms with Crippen molar-refractivity contribution in [3.05, 3.63) is 34.7 Å². The number of pyridine rings is 1. The Morgan fingerprint density at radius 2 is 2.06 bits per heavy atom. The van der Waals surface area contributed by atoms with Gasteiger partial charge in [-0.2, -0.15) is 4.31 Å². The maximum atomic E-state index is 13.6. The standard InChI is InChI=1S/C23H30N4O6S.ClH/c1-4-10-32-23(29)33-19-12-25-21-20(19)17-11-16(7-8-18(17)26-22(21)28)34(30,31)27(14(2)3)13-15-6-5-9-24-15;/h7-8,11-12,14-15,24-25H,4-6,9-10,13H2,1-3H3,(H,26,28);1H/t15-;/m0./s1. The van der Waals surface area contributed by atoms with Crippen molar-refractivity contribution in [2.75, 3.05) is 19.7 Å². The van der Waals surface area contributed by atoms with Crippen LogP contribution in [-0.2, 0) is 14.8 Å². The smallest absolute Gasteiger partial charge is 0.434 e. The third-order valence-electron chi connectivity index (χ3n) is 5.94. The molecule has 2 aromatic heterocycles. The number of nitrogens with zero attached hydrogens (tertiary/aromatic N) is 1. The number of rotatable bonds is 8. The Balaban J connectivity index is 0.00000342. The van der Waals surface area contributed by atoms with Gasteiger partial charge in [-0.05, 0) is 57.9 Å². The van der Waals surface area contributed by atoms with Crippen LogP contribution < -0.4 is 15.6 Å². The van der Waals surface area contributed by atoms with Crippen molar-refractivity contribution < 1.29 is 22.7 Å². The predicted molar refractivity (Wildman–Crippen MR) is 136 cm³/mol. The summed E-state index contributed by atoms with van der Waals surface area (Å²) in [5, 5.41) is 4.11. The van der Waals surface area contributed by atoms with Gasteiger partial charge >= 0.3 is 6.16 Å². The highest BCUT2D eigenvalue weighted by atomic mass is 35.5. The predicted octanol–water partition coefficient (Wildman–Crippen LogP) is 3.51. The number of aromatic nitrogens is 2. The first-order valence-electron chi connectivity index (χ1n) is 11.5. The highest BCUT2D eigenvalue weighted by molar-refractivity contribution is 7.89. The van der Waals surface area contributed by atoms with Crippen molar-refractivity contribution in [3.8, 4) is 5.75 Å². The van der Waals surface area contributed by atoms with Gasteiger partial charge in [-0.1, -0.05) is 6.92 Å². The number of H-pyrrole nitrogens is 2. The molecule has 1 aliphatic heterocycles. The second kappa shape index (κ2) is 11.0. The lowest BCUT2D eigenvalue weighted by molar-refractivity contribution is 0.0997. The number of benzene rings is 1. The van der Waals surface area contributed by atoms with E-state index in [-0.39, 0.29) is 47.3 Å². The molecule has 1 aliphatic rings. The fraction of sp³-hybridized carbons (Fsp3) is 0.478. The molecule has 192 valence electrons. The fourth-order valence-electron chi connectivity index (χ4n) is 4.27. The molecule has 12 heteroatoms. The van der Waals surface area contributed by atoms with Crippen molar-refractivity contribution in [1.82, 2.24) is 19.6 Å². The molecule has 0 spiro atoms. The number of halogens is 1. The number of carbonyl (C=O) groups excluding carboxylic acids is 1. The van der Waals surface area contributed by atoms with Crippen LogP contribution in [0.5, 0.6) is 5.75 Å². The minimum Gasteiger partial charge on any atom is -0.434 e. The van der Waals surface area contributed by atoms with Crippen molar-refractivity contribution >= 4 is 50.4 Å². The van der Waals surface area contributed by atoms with Gasteiger partial charge in [-0.25, -0.2) is 13.2 Å². The Bertz CT molecular complexity index is 1360. The molecule has 4 rings (SSSR count). The van der Waals surface area contributed by atoms with Crippen LogP contribution in [0.2, 0.25) is 0 Å². The minimum atomic E-state index is -3.83. The Morgan fingerprint density at radius 3 is 2.71 bits per heavy atom.